The molecule has 6 nitrogen and oxygen atoms in total. The maximum atomic E-state index is 12.7. The highest BCUT2D eigenvalue weighted by Gasteiger charge is 2.14. The number of hydrogen-bond acceptors (Lipinski definition) is 5. The van der Waals surface area contributed by atoms with Gasteiger partial charge in [0.2, 0.25) is 0 Å². The van der Waals surface area contributed by atoms with E-state index < -0.39 is 5.91 Å². The Morgan fingerprint density at radius 3 is 2.86 bits per heavy atom. The van der Waals surface area contributed by atoms with Gasteiger partial charge in [-0.25, -0.2) is 0 Å². The lowest BCUT2D eigenvalue weighted by Crippen LogP contribution is -2.19. The largest absolute Gasteiger partial charge is 0.494 e. The first kappa shape index (κ1) is 18.5. The number of benzene rings is 2. The maximum absolute atomic E-state index is 12.7. The Kier molecular flexibility index (Phi) is 5.27. The molecule has 0 saturated heterocycles. The van der Waals surface area contributed by atoms with Crippen LogP contribution in [0.25, 0.3) is 21.2 Å². The van der Waals surface area contributed by atoms with Crippen LogP contribution in [0.2, 0.25) is 0 Å². The van der Waals surface area contributed by atoms with Crippen molar-refractivity contribution >= 4 is 38.4 Å². The Morgan fingerprint density at radius 2 is 2.07 bits per heavy atom. The summed E-state index contributed by atoms with van der Waals surface area (Å²) in [5.74, 6) is 0.621. The summed E-state index contributed by atoms with van der Waals surface area (Å²) in [6.45, 7) is 3.66. The number of hydrogen-bond donors (Lipinski definition) is 0. The summed E-state index contributed by atoms with van der Waals surface area (Å²) in [6, 6.07) is 15.1. The van der Waals surface area contributed by atoms with E-state index in [2.05, 4.69) is 4.99 Å². The van der Waals surface area contributed by atoms with E-state index in [1.807, 2.05) is 54.0 Å². The Hall–Kier alpha value is -2.90. The van der Waals surface area contributed by atoms with Crippen LogP contribution < -0.4 is 9.54 Å². The van der Waals surface area contributed by atoms with Crippen molar-refractivity contribution in [3.05, 3.63) is 59.1 Å². The molecule has 0 N–H and O–H groups in total. The zero-order valence-electron chi connectivity index (χ0n) is 15.7. The molecule has 0 saturated carbocycles. The van der Waals surface area contributed by atoms with E-state index >= 15 is 0 Å². The second-order valence-electron chi connectivity index (χ2n) is 6.16. The van der Waals surface area contributed by atoms with Gasteiger partial charge in [0.05, 0.1) is 23.4 Å². The maximum Gasteiger partial charge on any atom is 0.315 e. The van der Waals surface area contributed by atoms with Crippen molar-refractivity contribution in [3.8, 4) is 5.75 Å². The third-order valence-electron chi connectivity index (χ3n) is 4.32. The minimum Gasteiger partial charge on any atom is -0.494 e. The van der Waals surface area contributed by atoms with Crippen LogP contribution in [0.3, 0.4) is 0 Å². The first-order valence-corrected chi connectivity index (χ1v) is 9.84. The molecule has 28 heavy (non-hydrogen) atoms. The number of para-hydroxylation sites is 1. The Morgan fingerprint density at radius 1 is 1.21 bits per heavy atom. The summed E-state index contributed by atoms with van der Waals surface area (Å²) in [5.41, 5.74) is 1.66. The monoisotopic (exact) mass is 396 g/mol. The van der Waals surface area contributed by atoms with Gasteiger partial charge in [-0.1, -0.05) is 29.5 Å². The van der Waals surface area contributed by atoms with Crippen molar-refractivity contribution in [1.29, 1.82) is 0 Å². The number of thiazole rings is 1. The molecule has 2 heterocycles. The molecule has 2 aromatic heterocycles. The van der Waals surface area contributed by atoms with Gasteiger partial charge in [-0.3, -0.25) is 4.79 Å². The van der Waals surface area contributed by atoms with Gasteiger partial charge >= 0.3 is 5.91 Å². The van der Waals surface area contributed by atoms with E-state index in [0.717, 1.165) is 21.4 Å². The Labute approximate surface area is 165 Å². The summed E-state index contributed by atoms with van der Waals surface area (Å²) in [6.07, 6.45) is 0. The number of fused-ring (bicyclic) bond motifs is 2. The molecule has 4 aromatic rings. The standard InChI is InChI=1S/C21H20N2O4S/c1-3-26-15-8-9-16-19(13-15)28-21(23(16)10-11-25-2)22-20(24)18-12-14-6-4-5-7-17(14)27-18/h4-9,12-13H,3,10-11H2,1-2H3. The van der Waals surface area contributed by atoms with Gasteiger partial charge in [-0.2, -0.15) is 4.99 Å². The molecule has 2 aromatic carbocycles. The zero-order valence-corrected chi connectivity index (χ0v) is 16.5. The van der Waals surface area contributed by atoms with Gasteiger partial charge in [0, 0.05) is 19.0 Å². The number of nitrogens with zero attached hydrogens (tertiary/aromatic N) is 2. The van der Waals surface area contributed by atoms with Crippen molar-refractivity contribution in [1.82, 2.24) is 4.57 Å². The number of furan rings is 1. The van der Waals surface area contributed by atoms with Crippen LogP contribution in [0.5, 0.6) is 5.75 Å². The fraction of sp³-hybridized carbons (Fsp3) is 0.238. The molecule has 0 aliphatic rings. The van der Waals surface area contributed by atoms with Crippen molar-refractivity contribution in [3.63, 3.8) is 0 Å². The van der Waals surface area contributed by atoms with Crippen molar-refractivity contribution < 1.29 is 18.7 Å². The lowest BCUT2D eigenvalue weighted by Gasteiger charge is -2.05. The molecule has 7 heteroatoms. The molecule has 0 bridgehead atoms. The molecule has 144 valence electrons. The van der Waals surface area contributed by atoms with Gasteiger partial charge in [0.25, 0.3) is 0 Å². The van der Waals surface area contributed by atoms with Crippen LogP contribution in [-0.2, 0) is 11.3 Å². The molecule has 0 aliphatic carbocycles. The lowest BCUT2D eigenvalue weighted by atomic mass is 10.2. The predicted octanol–water partition coefficient (Wildman–Crippen LogP) is 4.24. The molecule has 4 rings (SSSR count). The fourth-order valence-corrected chi connectivity index (χ4v) is 4.11. The summed E-state index contributed by atoms with van der Waals surface area (Å²) in [4.78, 5) is 17.7. The average molecular weight is 396 g/mol. The second kappa shape index (κ2) is 8.00. The summed E-state index contributed by atoms with van der Waals surface area (Å²) >= 11 is 1.44. The van der Waals surface area contributed by atoms with Crippen molar-refractivity contribution in [2.75, 3.05) is 20.3 Å². The highest BCUT2D eigenvalue weighted by molar-refractivity contribution is 7.16. The second-order valence-corrected chi connectivity index (χ2v) is 7.17. The summed E-state index contributed by atoms with van der Waals surface area (Å²) in [7, 11) is 1.65. The number of carbonyl (C=O) groups is 1. The topological polar surface area (TPSA) is 66.0 Å². The number of carbonyl (C=O) groups excluding carboxylic acids is 1. The van der Waals surface area contributed by atoms with Gasteiger partial charge in [0.15, 0.2) is 10.6 Å². The first-order valence-electron chi connectivity index (χ1n) is 9.02. The average Bonchev–Trinajstić information content (AvgIpc) is 3.27. The molecule has 0 atom stereocenters. The van der Waals surface area contributed by atoms with Gasteiger partial charge < -0.3 is 18.5 Å². The van der Waals surface area contributed by atoms with Crippen molar-refractivity contribution in [2.24, 2.45) is 4.99 Å². The predicted molar refractivity (Wildman–Crippen MR) is 109 cm³/mol. The number of aromatic nitrogens is 1. The normalized spacial score (nSPS) is 12.1. The van der Waals surface area contributed by atoms with Crippen LogP contribution in [0.1, 0.15) is 17.5 Å². The third kappa shape index (κ3) is 3.58. The smallest absolute Gasteiger partial charge is 0.315 e. The van der Waals surface area contributed by atoms with Gasteiger partial charge in [0.1, 0.15) is 11.3 Å². The van der Waals surface area contributed by atoms with Crippen LogP contribution in [0, 0.1) is 0 Å². The van der Waals surface area contributed by atoms with E-state index in [-0.39, 0.29) is 5.76 Å². The van der Waals surface area contributed by atoms with E-state index in [4.69, 9.17) is 13.9 Å². The summed E-state index contributed by atoms with van der Waals surface area (Å²) < 4.78 is 19.5. The number of methoxy groups -OCH3 is 1. The highest BCUT2D eigenvalue weighted by Crippen LogP contribution is 2.24. The van der Waals surface area contributed by atoms with Crippen LogP contribution in [0.15, 0.2) is 57.9 Å². The van der Waals surface area contributed by atoms with Crippen LogP contribution >= 0.6 is 11.3 Å². The third-order valence-corrected chi connectivity index (χ3v) is 5.36. The number of amides is 1. The summed E-state index contributed by atoms with van der Waals surface area (Å²) in [5, 5.41) is 0.881. The molecule has 0 aliphatic heterocycles. The first-order chi connectivity index (χ1) is 13.7. The van der Waals surface area contributed by atoms with Gasteiger partial charge in [-0.15, -0.1) is 0 Å². The van der Waals surface area contributed by atoms with E-state index in [1.165, 1.54) is 11.3 Å². The molecule has 0 fully saturated rings. The molecular formula is C21H20N2O4S. The zero-order chi connectivity index (χ0) is 19.5. The van der Waals surface area contributed by atoms with Gasteiger partial charge in [-0.05, 0) is 37.3 Å². The van der Waals surface area contributed by atoms with Crippen LogP contribution in [0.4, 0.5) is 0 Å². The van der Waals surface area contributed by atoms with Crippen molar-refractivity contribution in [2.45, 2.75) is 13.5 Å². The Bertz CT molecular complexity index is 1170. The molecule has 0 radical (unpaired) electrons. The minimum absolute atomic E-state index is 0.229. The Balaban J connectivity index is 1.79. The molecule has 0 unspecified atom stereocenters. The quantitative estimate of drug-likeness (QED) is 0.489. The number of ether oxygens (including phenoxy) is 2. The van der Waals surface area contributed by atoms with E-state index in [0.29, 0.717) is 30.1 Å². The molecule has 1 amide bonds. The fourth-order valence-electron chi connectivity index (χ4n) is 3.02. The minimum atomic E-state index is -0.404. The van der Waals surface area contributed by atoms with E-state index in [1.54, 1.807) is 13.2 Å². The van der Waals surface area contributed by atoms with E-state index in [9.17, 15) is 4.79 Å². The highest BCUT2D eigenvalue weighted by atomic mass is 32.1. The molecule has 0 spiro atoms. The molecular weight excluding hydrogens is 376 g/mol. The lowest BCUT2D eigenvalue weighted by molar-refractivity contribution is 0.0973. The number of rotatable bonds is 6. The van der Waals surface area contributed by atoms with Crippen LogP contribution in [-0.4, -0.2) is 30.8 Å². The SMILES string of the molecule is CCOc1ccc2c(c1)sc(=NC(=O)c1cc3ccccc3o1)n2CCOC.